The van der Waals surface area contributed by atoms with Gasteiger partial charge >= 0.3 is 6.36 Å². The zero-order chi connectivity index (χ0) is 21.2. The smallest absolute Gasteiger partial charge is 0.406 e. The van der Waals surface area contributed by atoms with Crippen LogP contribution in [0.1, 0.15) is 24.6 Å². The summed E-state index contributed by atoms with van der Waals surface area (Å²) in [4.78, 5) is 14.0. The fraction of sp³-hybridized carbons (Fsp3) is 0.389. The summed E-state index contributed by atoms with van der Waals surface area (Å²) < 4.78 is 69.2. The first-order valence-electron chi connectivity index (χ1n) is 8.83. The summed E-state index contributed by atoms with van der Waals surface area (Å²) in [5.41, 5.74) is 0.971. The molecule has 2 aromatic rings. The van der Waals surface area contributed by atoms with Crippen molar-refractivity contribution < 1.29 is 31.1 Å². The molecule has 0 saturated carbocycles. The number of alkyl halides is 3. The number of hydrogen-bond acceptors (Lipinski definition) is 4. The van der Waals surface area contributed by atoms with Crippen molar-refractivity contribution in [3.05, 3.63) is 48.3 Å². The second-order valence-electron chi connectivity index (χ2n) is 6.63. The van der Waals surface area contributed by atoms with E-state index in [1.807, 2.05) is 29.9 Å². The van der Waals surface area contributed by atoms with E-state index in [-0.39, 0.29) is 16.8 Å². The molecule has 0 aliphatic carbocycles. The van der Waals surface area contributed by atoms with Gasteiger partial charge in [-0.2, -0.15) is 0 Å². The lowest BCUT2D eigenvalue weighted by atomic mass is 10.1. The quantitative estimate of drug-likeness (QED) is 0.763. The van der Waals surface area contributed by atoms with Crippen LogP contribution in [0.15, 0.2) is 47.5 Å². The lowest BCUT2D eigenvalue weighted by Crippen LogP contribution is -2.40. The average Bonchev–Trinajstić information content (AvgIpc) is 3.27. The van der Waals surface area contributed by atoms with Gasteiger partial charge in [0.2, 0.25) is 15.9 Å². The predicted molar refractivity (Wildman–Crippen MR) is 97.4 cm³/mol. The van der Waals surface area contributed by atoms with Gasteiger partial charge in [0.25, 0.3) is 0 Å². The summed E-state index contributed by atoms with van der Waals surface area (Å²) in [6.07, 6.45) is -1.38. The maximum atomic E-state index is 12.6. The van der Waals surface area contributed by atoms with Gasteiger partial charge in [-0.15, -0.1) is 13.2 Å². The zero-order valence-corrected chi connectivity index (χ0v) is 16.3. The predicted octanol–water partition coefficient (Wildman–Crippen LogP) is 2.57. The highest BCUT2D eigenvalue weighted by Crippen LogP contribution is 2.31. The fourth-order valence-corrected chi connectivity index (χ4v) is 4.33. The van der Waals surface area contributed by atoms with Gasteiger partial charge < -0.3 is 14.2 Å². The van der Waals surface area contributed by atoms with E-state index in [4.69, 9.17) is 0 Å². The highest BCUT2D eigenvalue weighted by Gasteiger charge is 2.32. The van der Waals surface area contributed by atoms with Crippen molar-refractivity contribution in [2.24, 2.45) is 7.05 Å². The van der Waals surface area contributed by atoms with E-state index in [9.17, 15) is 26.4 Å². The SMILES string of the molecule is Cn1cccc1C1CCCN1C(=O)CNS(=O)(=O)c1ccc(OC(F)(F)F)cc1. The van der Waals surface area contributed by atoms with E-state index in [2.05, 4.69) is 9.46 Å². The highest BCUT2D eigenvalue weighted by molar-refractivity contribution is 7.89. The van der Waals surface area contributed by atoms with Gasteiger partial charge in [0.05, 0.1) is 17.5 Å². The van der Waals surface area contributed by atoms with Crippen LogP contribution in [0.3, 0.4) is 0 Å². The van der Waals surface area contributed by atoms with E-state index in [0.717, 1.165) is 42.8 Å². The molecule has 0 spiro atoms. The van der Waals surface area contributed by atoms with Gasteiger partial charge in [-0.05, 0) is 49.2 Å². The molecule has 1 N–H and O–H groups in total. The standard InChI is InChI=1S/C18H20F3N3O4S/c1-23-10-2-4-15(23)16-5-3-11-24(16)17(25)12-22-29(26,27)14-8-6-13(7-9-14)28-18(19,20)21/h2,4,6-10,16,22H,3,5,11-12H2,1H3. The highest BCUT2D eigenvalue weighted by atomic mass is 32.2. The first-order valence-corrected chi connectivity index (χ1v) is 10.3. The minimum Gasteiger partial charge on any atom is -0.406 e. The van der Waals surface area contributed by atoms with Crippen LogP contribution < -0.4 is 9.46 Å². The summed E-state index contributed by atoms with van der Waals surface area (Å²) >= 11 is 0. The number of aryl methyl sites for hydroxylation is 1. The molecule has 0 radical (unpaired) electrons. The van der Waals surface area contributed by atoms with Crippen LogP contribution in [0.5, 0.6) is 5.75 Å². The van der Waals surface area contributed by atoms with Crippen molar-refractivity contribution in [1.29, 1.82) is 0 Å². The Balaban J connectivity index is 1.64. The second-order valence-corrected chi connectivity index (χ2v) is 8.40. The Hall–Kier alpha value is -2.53. The van der Waals surface area contributed by atoms with Crippen LogP contribution in [0.4, 0.5) is 13.2 Å². The molecule has 158 valence electrons. The first-order chi connectivity index (χ1) is 13.6. The molecule has 29 heavy (non-hydrogen) atoms. The molecular weight excluding hydrogens is 411 g/mol. The maximum absolute atomic E-state index is 12.6. The fourth-order valence-electron chi connectivity index (χ4n) is 3.36. The van der Waals surface area contributed by atoms with Crippen LogP contribution in [-0.4, -0.2) is 43.2 Å². The number of hydrogen-bond donors (Lipinski definition) is 1. The van der Waals surface area contributed by atoms with Crippen molar-refractivity contribution in [3.8, 4) is 5.75 Å². The van der Waals surface area contributed by atoms with E-state index in [0.29, 0.717) is 6.54 Å². The number of halogens is 3. The van der Waals surface area contributed by atoms with Gasteiger partial charge in [0.1, 0.15) is 5.75 Å². The average molecular weight is 431 g/mol. The number of carbonyl (C=O) groups is 1. The van der Waals surface area contributed by atoms with Crippen LogP contribution in [0.2, 0.25) is 0 Å². The third kappa shape index (κ3) is 5.10. The minimum absolute atomic E-state index is 0.120. The molecule has 1 aromatic carbocycles. The van der Waals surface area contributed by atoms with Gasteiger partial charge in [0.15, 0.2) is 0 Å². The van der Waals surface area contributed by atoms with Crippen molar-refractivity contribution in [2.45, 2.75) is 30.1 Å². The van der Waals surface area contributed by atoms with Crippen molar-refractivity contribution in [1.82, 2.24) is 14.2 Å². The normalized spacial score (nSPS) is 17.5. The minimum atomic E-state index is -4.87. The monoisotopic (exact) mass is 431 g/mol. The van der Waals surface area contributed by atoms with Crippen molar-refractivity contribution >= 4 is 15.9 Å². The Morgan fingerprint density at radius 2 is 1.93 bits per heavy atom. The van der Waals surface area contributed by atoms with Gasteiger partial charge in [-0.1, -0.05) is 0 Å². The third-order valence-electron chi connectivity index (χ3n) is 4.68. The van der Waals surface area contributed by atoms with Gasteiger partial charge in [-0.3, -0.25) is 4.79 Å². The molecule has 11 heteroatoms. The molecule has 1 atom stereocenters. The number of benzene rings is 1. The van der Waals surface area contributed by atoms with Crippen LogP contribution in [0, 0.1) is 0 Å². The Bertz CT molecular complexity index is 971. The van der Waals surface area contributed by atoms with E-state index < -0.39 is 28.7 Å². The van der Waals surface area contributed by atoms with Crippen LogP contribution in [0.25, 0.3) is 0 Å². The molecule has 1 unspecified atom stereocenters. The van der Waals surface area contributed by atoms with Crippen LogP contribution >= 0.6 is 0 Å². The Morgan fingerprint density at radius 1 is 1.24 bits per heavy atom. The number of likely N-dealkylation sites (tertiary alicyclic amines) is 1. The molecule has 1 aliphatic heterocycles. The topological polar surface area (TPSA) is 80.6 Å². The van der Waals surface area contributed by atoms with Crippen molar-refractivity contribution in [3.63, 3.8) is 0 Å². The van der Waals surface area contributed by atoms with Gasteiger partial charge in [0, 0.05) is 25.5 Å². The number of amides is 1. The van der Waals surface area contributed by atoms with Crippen LogP contribution in [-0.2, 0) is 21.9 Å². The summed E-state index contributed by atoms with van der Waals surface area (Å²) in [7, 11) is -2.18. The first kappa shape index (κ1) is 21.2. The second kappa shape index (κ2) is 8.07. The number of sulfonamides is 1. The molecule has 1 saturated heterocycles. The summed E-state index contributed by atoms with van der Waals surface area (Å²) in [6, 6.07) is 7.44. The van der Waals surface area contributed by atoms with E-state index >= 15 is 0 Å². The maximum Gasteiger partial charge on any atom is 0.573 e. The summed E-state index contributed by atoms with van der Waals surface area (Å²) in [6.45, 7) is 0.0872. The molecule has 2 heterocycles. The lowest BCUT2D eigenvalue weighted by Gasteiger charge is -2.25. The molecule has 0 bridgehead atoms. The number of nitrogens with zero attached hydrogens (tertiary/aromatic N) is 2. The summed E-state index contributed by atoms with van der Waals surface area (Å²) in [5, 5.41) is 0. The Kier molecular flexibility index (Phi) is 5.90. The Labute approximate surface area is 166 Å². The number of carbonyl (C=O) groups excluding carboxylic acids is 1. The zero-order valence-electron chi connectivity index (χ0n) is 15.5. The summed E-state index contributed by atoms with van der Waals surface area (Å²) in [5.74, 6) is -0.899. The van der Waals surface area contributed by atoms with Crippen molar-refractivity contribution in [2.75, 3.05) is 13.1 Å². The number of aromatic nitrogens is 1. The largest absolute Gasteiger partial charge is 0.573 e. The molecule has 1 aromatic heterocycles. The van der Waals surface area contributed by atoms with E-state index in [1.54, 1.807) is 4.90 Å². The lowest BCUT2D eigenvalue weighted by molar-refractivity contribution is -0.274. The number of rotatable bonds is 6. The van der Waals surface area contributed by atoms with Gasteiger partial charge in [-0.25, -0.2) is 13.1 Å². The molecular formula is C18H20F3N3O4S. The van der Waals surface area contributed by atoms with E-state index in [1.165, 1.54) is 0 Å². The molecule has 3 rings (SSSR count). The molecule has 1 amide bonds. The third-order valence-corrected chi connectivity index (χ3v) is 6.10. The molecule has 1 aliphatic rings. The number of nitrogens with one attached hydrogen (secondary N) is 1. The number of ether oxygens (including phenoxy) is 1. The Morgan fingerprint density at radius 3 is 2.52 bits per heavy atom. The molecule has 1 fully saturated rings. The molecule has 7 nitrogen and oxygen atoms in total.